The lowest BCUT2D eigenvalue weighted by atomic mass is 10.2. The Bertz CT molecular complexity index is 466. The maximum atomic E-state index is 11.7. The van der Waals surface area contributed by atoms with Crippen LogP contribution in [0.2, 0.25) is 0 Å². The summed E-state index contributed by atoms with van der Waals surface area (Å²) in [6.07, 6.45) is 2.57. The van der Waals surface area contributed by atoms with E-state index in [-0.39, 0.29) is 11.8 Å². The Morgan fingerprint density at radius 2 is 1.83 bits per heavy atom. The van der Waals surface area contributed by atoms with Gasteiger partial charge < -0.3 is 0 Å². The quantitative estimate of drug-likeness (QED) is 0.666. The SMILES string of the molecule is CC/C=C(/C)C(=O)NNC(=O)c1ccc(Br)cc1. The average Bonchev–Trinajstić information content (AvgIpc) is 2.36. The number of carbonyl (C=O) groups is 2. The first-order chi connectivity index (χ1) is 8.54. The van der Waals surface area contributed by atoms with Crippen molar-refractivity contribution in [1.29, 1.82) is 0 Å². The fraction of sp³-hybridized carbons (Fsp3) is 0.231. The third kappa shape index (κ3) is 4.33. The van der Waals surface area contributed by atoms with Crippen molar-refractivity contribution < 1.29 is 9.59 Å². The smallest absolute Gasteiger partial charge is 0.268 e. The van der Waals surface area contributed by atoms with E-state index in [0.29, 0.717) is 11.1 Å². The maximum absolute atomic E-state index is 11.7. The highest BCUT2D eigenvalue weighted by atomic mass is 79.9. The number of halogens is 1. The van der Waals surface area contributed by atoms with Crippen molar-refractivity contribution >= 4 is 27.7 Å². The van der Waals surface area contributed by atoms with E-state index in [1.165, 1.54) is 0 Å². The fourth-order valence-corrected chi connectivity index (χ4v) is 1.55. The number of hydrogen-bond acceptors (Lipinski definition) is 2. The standard InChI is InChI=1S/C13H15BrN2O2/c1-3-4-9(2)12(17)15-16-13(18)10-5-7-11(14)8-6-10/h4-8H,3H2,1-2H3,(H,15,17)(H,16,18)/b9-4-. The van der Waals surface area contributed by atoms with E-state index in [0.717, 1.165) is 10.9 Å². The molecule has 0 radical (unpaired) electrons. The van der Waals surface area contributed by atoms with Gasteiger partial charge in [0.25, 0.3) is 11.8 Å². The van der Waals surface area contributed by atoms with Gasteiger partial charge in [0.15, 0.2) is 0 Å². The van der Waals surface area contributed by atoms with Gasteiger partial charge in [0, 0.05) is 15.6 Å². The summed E-state index contributed by atoms with van der Waals surface area (Å²) < 4.78 is 0.893. The summed E-state index contributed by atoms with van der Waals surface area (Å²) in [6, 6.07) is 6.86. The van der Waals surface area contributed by atoms with Crippen molar-refractivity contribution in [3.8, 4) is 0 Å². The predicted molar refractivity (Wildman–Crippen MR) is 73.8 cm³/mol. The van der Waals surface area contributed by atoms with E-state index in [4.69, 9.17) is 0 Å². The fourth-order valence-electron chi connectivity index (χ4n) is 1.28. The molecule has 0 atom stereocenters. The number of benzene rings is 1. The lowest BCUT2D eigenvalue weighted by Gasteiger charge is -2.07. The van der Waals surface area contributed by atoms with Crippen molar-refractivity contribution in [1.82, 2.24) is 10.9 Å². The summed E-state index contributed by atoms with van der Waals surface area (Å²) in [5.41, 5.74) is 5.78. The number of allylic oxidation sites excluding steroid dienone is 1. The van der Waals surface area contributed by atoms with E-state index < -0.39 is 0 Å². The number of hydrogen-bond donors (Lipinski definition) is 2. The first kappa shape index (κ1) is 14.4. The number of nitrogens with one attached hydrogen (secondary N) is 2. The zero-order valence-corrected chi connectivity index (χ0v) is 11.9. The summed E-state index contributed by atoms with van der Waals surface area (Å²) >= 11 is 3.28. The molecule has 0 aromatic heterocycles. The van der Waals surface area contributed by atoms with Crippen LogP contribution in [-0.2, 0) is 4.79 Å². The van der Waals surface area contributed by atoms with Gasteiger partial charge in [-0.05, 0) is 37.6 Å². The normalized spacial score (nSPS) is 10.9. The Labute approximate surface area is 115 Å². The van der Waals surface area contributed by atoms with E-state index >= 15 is 0 Å². The molecule has 0 heterocycles. The molecule has 1 rings (SSSR count). The van der Waals surface area contributed by atoms with Crippen LogP contribution in [0, 0.1) is 0 Å². The summed E-state index contributed by atoms with van der Waals surface area (Å²) in [4.78, 5) is 23.2. The molecule has 0 saturated heterocycles. The molecule has 5 heteroatoms. The second-order valence-electron chi connectivity index (χ2n) is 3.71. The highest BCUT2D eigenvalue weighted by molar-refractivity contribution is 9.10. The maximum Gasteiger partial charge on any atom is 0.269 e. The Hall–Kier alpha value is -1.62. The summed E-state index contributed by atoms with van der Waals surface area (Å²) in [5.74, 6) is -0.650. The van der Waals surface area contributed by atoms with Gasteiger partial charge in [-0.25, -0.2) is 0 Å². The minimum Gasteiger partial charge on any atom is -0.268 e. The van der Waals surface area contributed by atoms with Gasteiger partial charge in [0.2, 0.25) is 0 Å². The predicted octanol–water partition coefficient (Wildman–Crippen LogP) is 2.57. The molecule has 1 aromatic rings. The van der Waals surface area contributed by atoms with Gasteiger partial charge in [0.1, 0.15) is 0 Å². The monoisotopic (exact) mass is 310 g/mol. The van der Waals surface area contributed by atoms with Crippen LogP contribution in [-0.4, -0.2) is 11.8 Å². The van der Waals surface area contributed by atoms with Crippen LogP contribution in [0.5, 0.6) is 0 Å². The van der Waals surface area contributed by atoms with Gasteiger partial charge in [0.05, 0.1) is 0 Å². The van der Waals surface area contributed by atoms with Gasteiger partial charge in [-0.1, -0.05) is 28.9 Å². The largest absolute Gasteiger partial charge is 0.269 e. The van der Waals surface area contributed by atoms with E-state index in [1.807, 2.05) is 6.92 Å². The van der Waals surface area contributed by atoms with Crippen LogP contribution in [0.3, 0.4) is 0 Å². The molecule has 0 bridgehead atoms. The molecule has 1 aromatic carbocycles. The van der Waals surface area contributed by atoms with Crippen LogP contribution in [0.4, 0.5) is 0 Å². The van der Waals surface area contributed by atoms with E-state index in [1.54, 1.807) is 37.3 Å². The topological polar surface area (TPSA) is 58.2 Å². The van der Waals surface area contributed by atoms with E-state index in [9.17, 15) is 9.59 Å². The number of carbonyl (C=O) groups excluding carboxylic acids is 2. The van der Waals surface area contributed by atoms with Crippen molar-refractivity contribution in [2.75, 3.05) is 0 Å². The molecule has 2 amide bonds. The highest BCUT2D eigenvalue weighted by Gasteiger charge is 2.07. The molecule has 0 aliphatic carbocycles. The van der Waals surface area contributed by atoms with Gasteiger partial charge in [-0.2, -0.15) is 0 Å². The molecule has 0 fully saturated rings. The molecule has 0 aliphatic rings. The lowest BCUT2D eigenvalue weighted by molar-refractivity contribution is -0.118. The second kappa shape index (κ2) is 6.96. The Morgan fingerprint density at radius 3 is 2.39 bits per heavy atom. The van der Waals surface area contributed by atoms with Crippen LogP contribution >= 0.6 is 15.9 Å². The minimum absolute atomic E-state index is 0.303. The minimum atomic E-state index is -0.347. The first-order valence-corrected chi connectivity index (χ1v) is 6.37. The van der Waals surface area contributed by atoms with Crippen molar-refractivity contribution in [3.63, 3.8) is 0 Å². The molecule has 0 spiro atoms. The second-order valence-corrected chi connectivity index (χ2v) is 4.63. The Morgan fingerprint density at radius 1 is 1.22 bits per heavy atom. The molecule has 0 aliphatic heterocycles. The van der Waals surface area contributed by atoms with Crippen LogP contribution in [0.25, 0.3) is 0 Å². The molecular formula is C13H15BrN2O2. The van der Waals surface area contributed by atoms with Gasteiger partial charge in [-0.15, -0.1) is 0 Å². The highest BCUT2D eigenvalue weighted by Crippen LogP contribution is 2.10. The third-order valence-electron chi connectivity index (χ3n) is 2.26. The summed E-state index contributed by atoms with van der Waals surface area (Å²) in [5, 5.41) is 0. The van der Waals surface area contributed by atoms with Crippen LogP contribution in [0.15, 0.2) is 40.4 Å². The Kier molecular flexibility index (Phi) is 5.58. The molecule has 4 nitrogen and oxygen atoms in total. The molecule has 2 N–H and O–H groups in total. The number of rotatable bonds is 3. The Balaban J connectivity index is 2.54. The van der Waals surface area contributed by atoms with Crippen molar-refractivity contribution in [2.24, 2.45) is 0 Å². The average molecular weight is 311 g/mol. The van der Waals surface area contributed by atoms with Crippen LogP contribution in [0.1, 0.15) is 30.6 Å². The van der Waals surface area contributed by atoms with Crippen molar-refractivity contribution in [3.05, 3.63) is 46.0 Å². The summed E-state index contributed by atoms with van der Waals surface area (Å²) in [6.45, 7) is 3.64. The molecule has 96 valence electrons. The van der Waals surface area contributed by atoms with Gasteiger partial charge in [-0.3, -0.25) is 20.4 Å². The lowest BCUT2D eigenvalue weighted by Crippen LogP contribution is -2.42. The van der Waals surface area contributed by atoms with Crippen molar-refractivity contribution in [2.45, 2.75) is 20.3 Å². The first-order valence-electron chi connectivity index (χ1n) is 5.57. The zero-order valence-electron chi connectivity index (χ0n) is 10.3. The molecule has 0 saturated carbocycles. The molecule has 18 heavy (non-hydrogen) atoms. The third-order valence-corrected chi connectivity index (χ3v) is 2.79. The molecule has 0 unspecified atom stereocenters. The van der Waals surface area contributed by atoms with Gasteiger partial charge >= 0.3 is 0 Å². The van der Waals surface area contributed by atoms with Crippen LogP contribution < -0.4 is 10.9 Å². The number of amides is 2. The number of hydrazine groups is 1. The van der Waals surface area contributed by atoms with E-state index in [2.05, 4.69) is 26.8 Å². The summed E-state index contributed by atoms with van der Waals surface area (Å²) in [7, 11) is 0. The molecular weight excluding hydrogens is 296 g/mol. The zero-order chi connectivity index (χ0) is 13.5.